The highest BCUT2D eigenvalue weighted by Gasteiger charge is 2.26. The van der Waals surface area contributed by atoms with Crippen molar-refractivity contribution in [1.82, 2.24) is 10.2 Å². The molecule has 2 N–H and O–H groups in total. The van der Waals surface area contributed by atoms with Gasteiger partial charge in [0.05, 0.1) is 6.61 Å². The van der Waals surface area contributed by atoms with Crippen LogP contribution in [0, 0.1) is 5.92 Å². The fourth-order valence-electron chi connectivity index (χ4n) is 2.51. The van der Waals surface area contributed by atoms with Crippen molar-refractivity contribution in [1.29, 1.82) is 0 Å². The molecule has 1 atom stereocenters. The van der Waals surface area contributed by atoms with Crippen molar-refractivity contribution in [2.75, 3.05) is 26.2 Å². The van der Waals surface area contributed by atoms with Crippen LogP contribution in [-0.2, 0) is 0 Å². The van der Waals surface area contributed by atoms with Crippen LogP contribution in [-0.4, -0.2) is 47.8 Å². The van der Waals surface area contributed by atoms with Crippen LogP contribution >= 0.6 is 0 Å². The van der Waals surface area contributed by atoms with E-state index in [4.69, 9.17) is 0 Å². The maximum Gasteiger partial charge on any atom is 0.0610 e. The zero-order valence-electron chi connectivity index (χ0n) is 12.7. The van der Waals surface area contributed by atoms with Gasteiger partial charge in [0.25, 0.3) is 0 Å². The lowest BCUT2D eigenvalue weighted by Gasteiger charge is -2.31. The van der Waals surface area contributed by atoms with Gasteiger partial charge in [0, 0.05) is 18.1 Å². The van der Waals surface area contributed by atoms with Gasteiger partial charge >= 0.3 is 0 Å². The van der Waals surface area contributed by atoms with Gasteiger partial charge in [-0.1, -0.05) is 6.92 Å². The van der Waals surface area contributed by atoms with Gasteiger partial charge in [-0.2, -0.15) is 0 Å². The summed E-state index contributed by atoms with van der Waals surface area (Å²) < 4.78 is 0. The molecule has 1 rings (SSSR count). The lowest BCUT2D eigenvalue weighted by Crippen LogP contribution is -2.46. The Hall–Kier alpha value is -0.120. The van der Waals surface area contributed by atoms with E-state index in [1.807, 2.05) is 0 Å². The highest BCUT2D eigenvalue weighted by Crippen LogP contribution is 2.30. The molecule has 3 heteroatoms. The number of aliphatic hydroxyl groups is 1. The summed E-state index contributed by atoms with van der Waals surface area (Å²) in [6, 6.07) is 0.644. The second-order valence-corrected chi connectivity index (χ2v) is 6.38. The third kappa shape index (κ3) is 5.68. The van der Waals surface area contributed by atoms with E-state index >= 15 is 0 Å². The molecule has 1 fully saturated rings. The molecular formula is C15H32N2O. The lowest BCUT2D eigenvalue weighted by molar-refractivity contribution is 0.150. The average molecular weight is 256 g/mol. The normalized spacial score (nSPS) is 19.5. The minimum atomic E-state index is -0.100. The van der Waals surface area contributed by atoms with Gasteiger partial charge in [-0.05, 0) is 65.5 Å². The molecule has 0 amide bonds. The quantitative estimate of drug-likeness (QED) is 0.629. The topological polar surface area (TPSA) is 35.5 Å². The molecule has 1 aliphatic rings. The van der Waals surface area contributed by atoms with Crippen molar-refractivity contribution in [2.24, 2.45) is 5.92 Å². The summed E-state index contributed by atoms with van der Waals surface area (Å²) in [6.07, 6.45) is 5.06. The van der Waals surface area contributed by atoms with Crippen molar-refractivity contribution in [3.63, 3.8) is 0 Å². The molecule has 1 unspecified atom stereocenters. The first kappa shape index (κ1) is 15.9. The van der Waals surface area contributed by atoms with E-state index in [0.29, 0.717) is 6.04 Å². The van der Waals surface area contributed by atoms with Crippen LogP contribution in [0.4, 0.5) is 0 Å². The summed E-state index contributed by atoms with van der Waals surface area (Å²) in [6.45, 7) is 12.4. The van der Waals surface area contributed by atoms with Crippen LogP contribution in [0.25, 0.3) is 0 Å². The Kier molecular flexibility index (Phi) is 6.61. The van der Waals surface area contributed by atoms with Crippen molar-refractivity contribution in [2.45, 2.75) is 65.0 Å². The highest BCUT2D eigenvalue weighted by molar-refractivity contribution is 4.83. The van der Waals surface area contributed by atoms with Crippen molar-refractivity contribution < 1.29 is 5.11 Å². The molecule has 0 aliphatic heterocycles. The third-order valence-corrected chi connectivity index (χ3v) is 4.05. The van der Waals surface area contributed by atoms with Gasteiger partial charge in [-0.25, -0.2) is 0 Å². The fourth-order valence-corrected chi connectivity index (χ4v) is 2.51. The number of aliphatic hydroxyl groups excluding tert-OH is 1. The zero-order chi connectivity index (χ0) is 13.6. The molecule has 0 aromatic heterocycles. The Balaban J connectivity index is 2.27. The number of hydrogen-bond acceptors (Lipinski definition) is 3. The standard InChI is InChI=1S/C15H32N2O/c1-5-16-15(4,12-18)9-6-10-17(13(2)3)11-14-7-8-14/h13-14,16,18H,5-12H2,1-4H3. The number of rotatable bonds is 10. The molecule has 0 aromatic carbocycles. The molecule has 1 saturated carbocycles. The molecule has 0 heterocycles. The van der Waals surface area contributed by atoms with Crippen LogP contribution in [0.5, 0.6) is 0 Å². The smallest absolute Gasteiger partial charge is 0.0610 e. The molecule has 3 nitrogen and oxygen atoms in total. The van der Waals surface area contributed by atoms with Gasteiger partial charge in [0.15, 0.2) is 0 Å². The number of nitrogens with zero attached hydrogens (tertiary/aromatic N) is 1. The van der Waals surface area contributed by atoms with Crippen LogP contribution in [0.15, 0.2) is 0 Å². The zero-order valence-corrected chi connectivity index (χ0v) is 12.7. The molecule has 0 saturated heterocycles. The first-order valence-corrected chi connectivity index (χ1v) is 7.60. The first-order chi connectivity index (χ1) is 8.50. The molecule has 108 valence electrons. The van der Waals surface area contributed by atoms with Crippen LogP contribution in [0.3, 0.4) is 0 Å². The van der Waals surface area contributed by atoms with E-state index in [2.05, 4.69) is 37.9 Å². The fraction of sp³-hybridized carbons (Fsp3) is 1.00. The summed E-state index contributed by atoms with van der Waals surface area (Å²) >= 11 is 0. The maximum absolute atomic E-state index is 9.47. The van der Waals surface area contributed by atoms with E-state index in [-0.39, 0.29) is 12.1 Å². The predicted molar refractivity (Wildman–Crippen MR) is 77.8 cm³/mol. The molecule has 0 bridgehead atoms. The number of nitrogens with one attached hydrogen (secondary N) is 1. The van der Waals surface area contributed by atoms with Gasteiger partial charge in [-0.15, -0.1) is 0 Å². The number of likely N-dealkylation sites (N-methyl/N-ethyl adjacent to an activating group) is 1. The Morgan fingerprint density at radius 3 is 2.50 bits per heavy atom. The van der Waals surface area contributed by atoms with Crippen LogP contribution in [0.2, 0.25) is 0 Å². The van der Waals surface area contributed by atoms with Crippen molar-refractivity contribution in [3.8, 4) is 0 Å². The Bertz CT molecular complexity index is 229. The minimum Gasteiger partial charge on any atom is -0.394 e. The van der Waals surface area contributed by atoms with Crippen molar-refractivity contribution in [3.05, 3.63) is 0 Å². The van der Waals surface area contributed by atoms with E-state index < -0.39 is 0 Å². The predicted octanol–water partition coefficient (Wildman–Crippen LogP) is 2.25. The molecule has 0 radical (unpaired) electrons. The molecule has 18 heavy (non-hydrogen) atoms. The summed E-state index contributed by atoms with van der Waals surface area (Å²) in [5.74, 6) is 0.963. The molecule has 0 aromatic rings. The highest BCUT2D eigenvalue weighted by atomic mass is 16.3. The summed E-state index contributed by atoms with van der Waals surface area (Å²) in [5.41, 5.74) is -0.100. The molecular weight excluding hydrogens is 224 g/mol. The largest absolute Gasteiger partial charge is 0.394 e. The number of hydrogen-bond donors (Lipinski definition) is 2. The second-order valence-electron chi connectivity index (χ2n) is 6.38. The summed E-state index contributed by atoms with van der Waals surface area (Å²) in [4.78, 5) is 2.60. The Morgan fingerprint density at radius 2 is 2.06 bits per heavy atom. The van der Waals surface area contributed by atoms with Gasteiger partial charge in [0.2, 0.25) is 0 Å². The lowest BCUT2D eigenvalue weighted by atomic mass is 9.96. The van der Waals surface area contributed by atoms with Gasteiger partial charge in [0.1, 0.15) is 0 Å². The molecule has 1 aliphatic carbocycles. The van der Waals surface area contributed by atoms with E-state index in [1.54, 1.807) is 0 Å². The minimum absolute atomic E-state index is 0.100. The summed E-state index contributed by atoms with van der Waals surface area (Å²) in [5, 5.41) is 12.9. The third-order valence-electron chi connectivity index (χ3n) is 4.05. The van der Waals surface area contributed by atoms with E-state index in [0.717, 1.165) is 31.8 Å². The van der Waals surface area contributed by atoms with Crippen LogP contribution in [0.1, 0.15) is 53.4 Å². The van der Waals surface area contributed by atoms with E-state index in [1.165, 1.54) is 19.4 Å². The van der Waals surface area contributed by atoms with Crippen LogP contribution < -0.4 is 5.32 Å². The maximum atomic E-state index is 9.47. The Labute approximate surface area is 113 Å². The summed E-state index contributed by atoms with van der Waals surface area (Å²) in [7, 11) is 0. The van der Waals surface area contributed by atoms with Crippen molar-refractivity contribution >= 4 is 0 Å². The monoisotopic (exact) mass is 256 g/mol. The SMILES string of the molecule is CCNC(C)(CO)CCCN(CC1CC1)C(C)C. The molecule has 0 spiro atoms. The first-order valence-electron chi connectivity index (χ1n) is 7.60. The van der Waals surface area contributed by atoms with Gasteiger partial charge in [-0.3, -0.25) is 0 Å². The second kappa shape index (κ2) is 7.46. The van der Waals surface area contributed by atoms with E-state index in [9.17, 15) is 5.11 Å². The Morgan fingerprint density at radius 1 is 1.39 bits per heavy atom. The average Bonchev–Trinajstić information content (AvgIpc) is 3.12. The van der Waals surface area contributed by atoms with Gasteiger partial charge < -0.3 is 15.3 Å².